The zero-order valence-corrected chi connectivity index (χ0v) is 17.4. The number of rotatable bonds is 4. The standard InChI is InChI=1S/C22H24F3N5O/c1-16(2)27-10-12-29(13-11-27)21(31)19-15-26-30(20(19)28-8-3-4-9-28)18-7-5-6-17(14-18)22(23,24)25/h3-9,14-16H,10-13H2,1-2H3. The van der Waals surface area contributed by atoms with Gasteiger partial charge in [0.2, 0.25) is 0 Å². The molecule has 6 nitrogen and oxygen atoms in total. The molecule has 0 aliphatic carbocycles. The topological polar surface area (TPSA) is 46.3 Å². The number of hydrogen-bond acceptors (Lipinski definition) is 3. The Balaban J connectivity index is 1.71. The summed E-state index contributed by atoms with van der Waals surface area (Å²) in [5.41, 5.74) is -0.176. The fraction of sp³-hybridized carbons (Fsp3) is 0.364. The first-order valence-electron chi connectivity index (χ1n) is 10.2. The smallest absolute Gasteiger partial charge is 0.336 e. The summed E-state index contributed by atoms with van der Waals surface area (Å²) >= 11 is 0. The Morgan fingerprint density at radius 1 is 1.03 bits per heavy atom. The van der Waals surface area contributed by atoms with E-state index in [1.165, 1.54) is 16.9 Å². The van der Waals surface area contributed by atoms with Gasteiger partial charge in [0.25, 0.3) is 5.91 Å². The lowest BCUT2D eigenvalue weighted by Crippen LogP contribution is -2.50. The molecule has 0 radical (unpaired) electrons. The van der Waals surface area contributed by atoms with Gasteiger partial charge in [-0.2, -0.15) is 18.3 Å². The van der Waals surface area contributed by atoms with Gasteiger partial charge in [0.1, 0.15) is 5.56 Å². The van der Waals surface area contributed by atoms with Crippen LogP contribution in [0.4, 0.5) is 13.2 Å². The number of hydrogen-bond donors (Lipinski definition) is 0. The first-order valence-corrected chi connectivity index (χ1v) is 10.2. The van der Waals surface area contributed by atoms with Crippen molar-refractivity contribution in [2.45, 2.75) is 26.1 Å². The van der Waals surface area contributed by atoms with E-state index in [-0.39, 0.29) is 11.6 Å². The number of alkyl halides is 3. The fourth-order valence-electron chi connectivity index (χ4n) is 3.83. The fourth-order valence-corrected chi connectivity index (χ4v) is 3.83. The second-order valence-electron chi connectivity index (χ2n) is 7.85. The molecular formula is C22H24F3N5O. The molecule has 4 rings (SSSR count). The van der Waals surface area contributed by atoms with Crippen LogP contribution >= 0.6 is 0 Å². The van der Waals surface area contributed by atoms with E-state index in [4.69, 9.17) is 0 Å². The third kappa shape index (κ3) is 4.23. The number of nitrogens with zero attached hydrogens (tertiary/aromatic N) is 5. The van der Waals surface area contributed by atoms with Crippen LogP contribution in [0.3, 0.4) is 0 Å². The highest BCUT2D eigenvalue weighted by molar-refractivity contribution is 5.97. The number of benzene rings is 1. The summed E-state index contributed by atoms with van der Waals surface area (Å²) in [7, 11) is 0. The third-order valence-corrected chi connectivity index (χ3v) is 5.57. The van der Waals surface area contributed by atoms with Crippen molar-refractivity contribution in [2.24, 2.45) is 0 Å². The Labute approximate surface area is 178 Å². The summed E-state index contributed by atoms with van der Waals surface area (Å²) < 4.78 is 42.7. The van der Waals surface area contributed by atoms with Crippen LogP contribution in [0, 0.1) is 0 Å². The quantitative estimate of drug-likeness (QED) is 0.631. The van der Waals surface area contributed by atoms with Crippen molar-refractivity contribution in [3.8, 4) is 11.5 Å². The van der Waals surface area contributed by atoms with E-state index in [1.807, 2.05) is 0 Å². The molecule has 164 valence electrons. The van der Waals surface area contributed by atoms with E-state index in [9.17, 15) is 18.0 Å². The Hall–Kier alpha value is -3.07. The number of carbonyl (C=O) groups is 1. The summed E-state index contributed by atoms with van der Waals surface area (Å²) in [5.74, 6) is 0.242. The maximum absolute atomic E-state index is 13.3. The predicted molar refractivity (Wildman–Crippen MR) is 111 cm³/mol. The van der Waals surface area contributed by atoms with Crippen molar-refractivity contribution >= 4 is 5.91 Å². The van der Waals surface area contributed by atoms with Gasteiger partial charge in [0.05, 0.1) is 17.4 Å². The molecule has 2 aromatic heterocycles. The van der Waals surface area contributed by atoms with Crippen LogP contribution in [0.5, 0.6) is 0 Å². The van der Waals surface area contributed by atoms with E-state index in [0.717, 1.165) is 25.2 Å². The van der Waals surface area contributed by atoms with Crippen LogP contribution < -0.4 is 0 Å². The summed E-state index contributed by atoms with van der Waals surface area (Å²) in [6, 6.07) is 8.93. The van der Waals surface area contributed by atoms with Crippen molar-refractivity contribution < 1.29 is 18.0 Å². The molecule has 1 fully saturated rings. The lowest BCUT2D eigenvalue weighted by Gasteiger charge is -2.36. The van der Waals surface area contributed by atoms with E-state index in [2.05, 4.69) is 23.8 Å². The normalized spacial score (nSPS) is 15.6. The van der Waals surface area contributed by atoms with Gasteiger partial charge in [-0.1, -0.05) is 6.07 Å². The molecule has 0 N–H and O–H groups in total. The number of halogens is 3. The van der Waals surface area contributed by atoms with E-state index < -0.39 is 11.7 Å². The molecule has 1 amide bonds. The Morgan fingerprint density at radius 2 is 1.71 bits per heavy atom. The molecule has 9 heteroatoms. The first-order chi connectivity index (χ1) is 14.8. The van der Waals surface area contributed by atoms with Crippen molar-refractivity contribution in [1.82, 2.24) is 24.1 Å². The van der Waals surface area contributed by atoms with Crippen LogP contribution in [0.2, 0.25) is 0 Å². The lowest BCUT2D eigenvalue weighted by molar-refractivity contribution is -0.137. The molecule has 3 heterocycles. The molecule has 1 saturated heterocycles. The molecule has 0 spiro atoms. The van der Waals surface area contributed by atoms with Gasteiger partial charge in [-0.3, -0.25) is 9.69 Å². The van der Waals surface area contributed by atoms with Gasteiger partial charge in [-0.15, -0.1) is 0 Å². The highest BCUT2D eigenvalue weighted by Crippen LogP contribution is 2.31. The van der Waals surface area contributed by atoms with Crippen LogP contribution in [0.25, 0.3) is 11.5 Å². The average Bonchev–Trinajstić information content (AvgIpc) is 3.42. The highest BCUT2D eigenvalue weighted by Gasteiger charge is 2.32. The number of carbonyl (C=O) groups excluding carboxylic acids is 1. The predicted octanol–water partition coefficient (Wildman–Crippen LogP) is 3.85. The van der Waals surface area contributed by atoms with E-state index in [0.29, 0.717) is 30.5 Å². The maximum Gasteiger partial charge on any atom is 0.416 e. The van der Waals surface area contributed by atoms with Gasteiger partial charge >= 0.3 is 6.18 Å². The van der Waals surface area contributed by atoms with Gasteiger partial charge in [-0.05, 0) is 44.2 Å². The molecule has 0 unspecified atom stereocenters. The second kappa shape index (κ2) is 8.22. The van der Waals surface area contributed by atoms with Crippen LogP contribution in [-0.4, -0.2) is 62.3 Å². The van der Waals surface area contributed by atoms with Crippen LogP contribution in [-0.2, 0) is 6.18 Å². The number of amides is 1. The molecule has 1 aliphatic rings. The Morgan fingerprint density at radius 3 is 2.32 bits per heavy atom. The van der Waals surface area contributed by atoms with E-state index in [1.54, 1.807) is 40.1 Å². The van der Waals surface area contributed by atoms with Gasteiger partial charge < -0.3 is 9.47 Å². The summed E-state index contributed by atoms with van der Waals surface area (Å²) in [6.45, 7) is 7.00. The number of piperazine rings is 1. The van der Waals surface area contributed by atoms with Gasteiger partial charge in [0, 0.05) is 44.6 Å². The molecule has 0 bridgehead atoms. The second-order valence-corrected chi connectivity index (χ2v) is 7.85. The minimum atomic E-state index is -4.47. The first kappa shape index (κ1) is 21.2. The van der Waals surface area contributed by atoms with Crippen LogP contribution in [0.1, 0.15) is 29.8 Å². The molecule has 0 saturated carbocycles. The monoisotopic (exact) mass is 431 g/mol. The van der Waals surface area contributed by atoms with Crippen molar-refractivity contribution in [3.63, 3.8) is 0 Å². The molecular weight excluding hydrogens is 407 g/mol. The number of aromatic nitrogens is 3. The van der Waals surface area contributed by atoms with Crippen molar-refractivity contribution in [3.05, 3.63) is 66.1 Å². The van der Waals surface area contributed by atoms with E-state index >= 15 is 0 Å². The summed E-state index contributed by atoms with van der Waals surface area (Å²) in [4.78, 5) is 17.4. The largest absolute Gasteiger partial charge is 0.416 e. The summed E-state index contributed by atoms with van der Waals surface area (Å²) in [6.07, 6.45) is 0.460. The molecule has 31 heavy (non-hydrogen) atoms. The minimum absolute atomic E-state index is 0.176. The zero-order chi connectivity index (χ0) is 22.2. The maximum atomic E-state index is 13.3. The average molecular weight is 431 g/mol. The van der Waals surface area contributed by atoms with Crippen LogP contribution in [0.15, 0.2) is 55.0 Å². The molecule has 1 aromatic carbocycles. The molecule has 1 aliphatic heterocycles. The SMILES string of the molecule is CC(C)N1CCN(C(=O)c2cnn(-c3cccc(C(F)(F)F)c3)c2-n2cccc2)CC1. The zero-order valence-electron chi connectivity index (χ0n) is 17.4. The highest BCUT2D eigenvalue weighted by atomic mass is 19.4. The Bertz CT molecular complexity index is 1050. The molecule has 3 aromatic rings. The Kier molecular flexibility index (Phi) is 5.62. The van der Waals surface area contributed by atoms with Crippen molar-refractivity contribution in [2.75, 3.05) is 26.2 Å². The molecule has 0 atom stereocenters. The van der Waals surface area contributed by atoms with Crippen molar-refractivity contribution in [1.29, 1.82) is 0 Å². The van der Waals surface area contributed by atoms with Gasteiger partial charge in [-0.25, -0.2) is 4.68 Å². The summed E-state index contributed by atoms with van der Waals surface area (Å²) in [5, 5.41) is 4.30. The lowest BCUT2D eigenvalue weighted by atomic mass is 10.2. The third-order valence-electron chi connectivity index (χ3n) is 5.57. The van der Waals surface area contributed by atoms with Gasteiger partial charge in [0.15, 0.2) is 5.82 Å². The minimum Gasteiger partial charge on any atom is -0.336 e.